The van der Waals surface area contributed by atoms with E-state index in [1.54, 1.807) is 30.3 Å². The van der Waals surface area contributed by atoms with Crippen LogP contribution in [0.2, 0.25) is 0 Å². The number of azo groups is 1. The molecule has 0 amide bonds. The molecule has 0 fully saturated rings. The van der Waals surface area contributed by atoms with Crippen LogP contribution in [0, 0.1) is 13.1 Å². The van der Waals surface area contributed by atoms with Gasteiger partial charge in [-0.15, -0.1) is 0 Å². The average molecular weight is 340 g/mol. The number of benzene rings is 2. The van der Waals surface area contributed by atoms with Crippen molar-refractivity contribution >= 4 is 17.3 Å². The van der Waals surface area contributed by atoms with Gasteiger partial charge in [0.25, 0.3) is 5.69 Å². The van der Waals surface area contributed by atoms with Crippen molar-refractivity contribution in [1.29, 1.82) is 0 Å². The van der Waals surface area contributed by atoms with E-state index in [-0.39, 0.29) is 23.1 Å². The number of aliphatic hydroxyl groups excluding tert-OH is 1. The highest BCUT2D eigenvalue weighted by atomic mass is 16.3. The van der Waals surface area contributed by atoms with Crippen molar-refractivity contribution in [2.75, 3.05) is 0 Å². The Hall–Kier alpha value is -4.23. The highest BCUT2D eigenvalue weighted by Gasteiger charge is 2.17. The van der Waals surface area contributed by atoms with Crippen LogP contribution in [0.5, 0.6) is 0 Å². The molecule has 2 N–H and O–H groups in total. The normalized spacial score (nSPS) is 11.6. The second-order valence-electron chi connectivity index (χ2n) is 5.10. The van der Waals surface area contributed by atoms with Gasteiger partial charge in [0.15, 0.2) is 5.76 Å². The molecule has 2 aromatic carbocycles. The number of aromatic amines is 1. The number of H-pyrrole nitrogens is 1. The summed E-state index contributed by atoms with van der Waals surface area (Å²) < 4.78 is 0. The zero-order chi connectivity index (χ0) is 18.4. The minimum absolute atomic E-state index is 0.0564. The first kappa shape index (κ1) is 16.6. The Morgan fingerprint density at radius 3 is 2.27 bits per heavy atom. The predicted octanol–water partition coefficient (Wildman–Crippen LogP) is 5.51. The van der Waals surface area contributed by atoms with Crippen molar-refractivity contribution < 1.29 is 5.11 Å². The van der Waals surface area contributed by atoms with Gasteiger partial charge in [0, 0.05) is 10.7 Å². The fourth-order valence-corrected chi connectivity index (χ4v) is 2.25. The molecule has 0 atom stereocenters. The fourth-order valence-electron chi connectivity index (χ4n) is 2.25. The Bertz CT molecular complexity index is 1050. The summed E-state index contributed by atoms with van der Waals surface area (Å²) in [6.45, 7) is 14.6. The molecule has 0 aliphatic rings. The molecule has 0 bridgehead atoms. The lowest BCUT2D eigenvalue weighted by molar-refractivity contribution is 0.506. The topological polar surface area (TPSA) is 82.3 Å². The summed E-state index contributed by atoms with van der Waals surface area (Å²) in [4.78, 5) is 6.66. The third-order valence-corrected chi connectivity index (χ3v) is 3.50. The number of hydrogen-bond donors (Lipinski definition) is 2. The van der Waals surface area contributed by atoms with E-state index in [0.29, 0.717) is 11.3 Å². The summed E-state index contributed by atoms with van der Waals surface area (Å²) in [6.07, 6.45) is 0. The van der Waals surface area contributed by atoms with E-state index in [9.17, 15) is 5.11 Å². The monoisotopic (exact) mass is 340 g/mol. The van der Waals surface area contributed by atoms with Crippen LogP contribution >= 0.6 is 0 Å². The number of aromatic nitrogens is 2. The molecule has 0 aliphatic heterocycles. The molecule has 0 aliphatic carbocycles. The first-order valence-corrected chi connectivity index (χ1v) is 7.53. The summed E-state index contributed by atoms with van der Waals surface area (Å²) in [7, 11) is 0. The van der Waals surface area contributed by atoms with Crippen LogP contribution in [0.1, 0.15) is 5.56 Å². The second-order valence-corrected chi connectivity index (χ2v) is 5.10. The third kappa shape index (κ3) is 3.32. The standard InChI is InChI=1S/C19H12N6O/c1-20-16-15(13-9-5-3-6-10-13)22-23-18(16)24-25-19(21-2)17(26)14-11-7-4-8-12-14/h3-12,26H,(H,22,23)/b19-17-,25-24+. The molecule has 1 aromatic heterocycles. The first-order valence-electron chi connectivity index (χ1n) is 7.53. The molecule has 0 saturated heterocycles. The molecule has 0 saturated carbocycles. The average Bonchev–Trinajstić information content (AvgIpc) is 3.12. The van der Waals surface area contributed by atoms with Crippen LogP contribution in [-0.4, -0.2) is 15.3 Å². The molecule has 3 rings (SSSR count). The van der Waals surface area contributed by atoms with E-state index < -0.39 is 0 Å². The number of nitrogens with zero attached hydrogens (tertiary/aromatic N) is 5. The molecule has 124 valence electrons. The SMILES string of the molecule is [C-]#[N+]C(/N=N/c1n[nH]c(-c2ccccc2)c1[N+]#[C-])=C(/O)c1ccccc1. The maximum Gasteiger partial charge on any atom is 0.338 e. The summed E-state index contributed by atoms with van der Waals surface area (Å²) in [5.41, 5.74) is 1.97. The van der Waals surface area contributed by atoms with Gasteiger partial charge in [-0.1, -0.05) is 67.2 Å². The van der Waals surface area contributed by atoms with Gasteiger partial charge in [0.1, 0.15) is 0 Å². The largest absolute Gasteiger partial charge is 0.517 e. The van der Waals surface area contributed by atoms with Gasteiger partial charge in [-0.2, -0.15) is 5.10 Å². The fraction of sp³-hybridized carbons (Fsp3) is 0. The van der Waals surface area contributed by atoms with Gasteiger partial charge >= 0.3 is 5.82 Å². The van der Waals surface area contributed by atoms with Gasteiger partial charge in [-0.25, -0.2) is 4.85 Å². The molecular weight excluding hydrogens is 328 g/mol. The van der Waals surface area contributed by atoms with Crippen molar-refractivity contribution in [3.8, 4) is 11.3 Å². The van der Waals surface area contributed by atoms with E-state index in [4.69, 9.17) is 13.1 Å². The molecule has 1 heterocycles. The molecular formula is C19H12N6O. The Morgan fingerprint density at radius 2 is 1.65 bits per heavy atom. The zero-order valence-corrected chi connectivity index (χ0v) is 13.5. The number of rotatable bonds is 4. The Balaban J connectivity index is 1.98. The molecule has 26 heavy (non-hydrogen) atoms. The minimum Gasteiger partial charge on any atom is -0.517 e. The zero-order valence-electron chi connectivity index (χ0n) is 13.5. The van der Waals surface area contributed by atoms with Crippen molar-refractivity contribution in [3.63, 3.8) is 0 Å². The van der Waals surface area contributed by atoms with Gasteiger partial charge in [0.2, 0.25) is 5.82 Å². The highest BCUT2D eigenvalue weighted by Crippen LogP contribution is 2.36. The smallest absolute Gasteiger partial charge is 0.338 e. The quantitative estimate of drug-likeness (QED) is 0.373. The van der Waals surface area contributed by atoms with Crippen molar-refractivity contribution in [2.45, 2.75) is 0 Å². The van der Waals surface area contributed by atoms with Crippen LogP contribution in [0.15, 0.2) is 76.7 Å². The van der Waals surface area contributed by atoms with Gasteiger partial charge in [-0.3, -0.25) is 5.10 Å². The summed E-state index contributed by atoms with van der Waals surface area (Å²) >= 11 is 0. The van der Waals surface area contributed by atoms with Crippen LogP contribution < -0.4 is 0 Å². The third-order valence-electron chi connectivity index (χ3n) is 3.50. The Labute approximate surface area is 149 Å². The van der Waals surface area contributed by atoms with Crippen molar-refractivity contribution in [2.24, 2.45) is 10.2 Å². The van der Waals surface area contributed by atoms with Crippen molar-refractivity contribution in [1.82, 2.24) is 10.2 Å². The minimum atomic E-state index is -0.285. The highest BCUT2D eigenvalue weighted by molar-refractivity contribution is 5.82. The number of nitrogens with one attached hydrogen (secondary N) is 1. The lowest BCUT2D eigenvalue weighted by atomic mass is 10.1. The van der Waals surface area contributed by atoms with Crippen molar-refractivity contribution in [3.05, 3.63) is 94.9 Å². The Morgan fingerprint density at radius 1 is 1.00 bits per heavy atom. The predicted molar refractivity (Wildman–Crippen MR) is 97.4 cm³/mol. The van der Waals surface area contributed by atoms with Gasteiger partial charge in [0.05, 0.1) is 12.3 Å². The lowest BCUT2D eigenvalue weighted by Gasteiger charge is -1.99. The molecule has 0 unspecified atom stereocenters. The number of hydrogen-bond acceptors (Lipinski definition) is 4. The van der Waals surface area contributed by atoms with Crippen LogP contribution in [-0.2, 0) is 0 Å². The van der Waals surface area contributed by atoms with E-state index >= 15 is 0 Å². The van der Waals surface area contributed by atoms with Crippen LogP contribution in [0.3, 0.4) is 0 Å². The number of aliphatic hydroxyl groups is 1. The van der Waals surface area contributed by atoms with E-state index in [2.05, 4.69) is 30.1 Å². The molecule has 0 spiro atoms. The lowest BCUT2D eigenvalue weighted by Crippen LogP contribution is -1.85. The van der Waals surface area contributed by atoms with Gasteiger partial charge in [-0.05, 0) is 10.7 Å². The van der Waals surface area contributed by atoms with Crippen LogP contribution in [0.25, 0.3) is 26.7 Å². The summed E-state index contributed by atoms with van der Waals surface area (Å²) in [6, 6.07) is 17.8. The first-order chi connectivity index (χ1) is 12.7. The van der Waals surface area contributed by atoms with Crippen LogP contribution in [0.4, 0.5) is 11.5 Å². The summed E-state index contributed by atoms with van der Waals surface area (Å²) in [5.74, 6) is -0.509. The molecule has 7 heteroatoms. The van der Waals surface area contributed by atoms with Gasteiger partial charge < -0.3 is 9.95 Å². The molecule has 0 radical (unpaired) electrons. The molecule has 7 nitrogen and oxygen atoms in total. The van der Waals surface area contributed by atoms with E-state index in [1.807, 2.05) is 30.3 Å². The maximum atomic E-state index is 10.2. The van der Waals surface area contributed by atoms with E-state index in [1.165, 1.54) is 0 Å². The molecule has 3 aromatic rings. The Kier molecular flexibility index (Phi) is 4.83. The second kappa shape index (κ2) is 7.56. The summed E-state index contributed by atoms with van der Waals surface area (Å²) in [5, 5.41) is 24.6. The van der Waals surface area contributed by atoms with E-state index in [0.717, 1.165) is 5.56 Å². The maximum absolute atomic E-state index is 10.2.